The number of nitrogens with one attached hydrogen (secondary N) is 2. The van der Waals surface area contributed by atoms with Crippen molar-refractivity contribution in [3.8, 4) is 0 Å². The van der Waals surface area contributed by atoms with Gasteiger partial charge in [0, 0.05) is 23.8 Å². The van der Waals surface area contributed by atoms with E-state index in [1.54, 1.807) is 18.3 Å². The Hall–Kier alpha value is -2.77. The highest BCUT2D eigenvalue weighted by molar-refractivity contribution is 7.89. The minimum atomic E-state index is -3.52. The Labute approximate surface area is 157 Å². The predicted molar refractivity (Wildman–Crippen MR) is 104 cm³/mol. The van der Waals surface area contributed by atoms with Gasteiger partial charge < -0.3 is 5.32 Å². The van der Waals surface area contributed by atoms with Gasteiger partial charge in [0.1, 0.15) is 5.69 Å². The van der Waals surface area contributed by atoms with E-state index in [0.717, 1.165) is 23.6 Å². The summed E-state index contributed by atoms with van der Waals surface area (Å²) in [4.78, 5) is 17.0. The van der Waals surface area contributed by atoms with Gasteiger partial charge in [-0.2, -0.15) is 0 Å². The van der Waals surface area contributed by atoms with Crippen molar-refractivity contribution in [1.82, 2.24) is 9.71 Å². The lowest BCUT2D eigenvalue weighted by Gasteiger charge is -2.09. The van der Waals surface area contributed by atoms with E-state index >= 15 is 0 Å². The van der Waals surface area contributed by atoms with Gasteiger partial charge in [-0.1, -0.05) is 24.3 Å². The second kappa shape index (κ2) is 7.09. The number of carbonyl (C=O) groups is 1. The molecule has 0 bridgehead atoms. The van der Waals surface area contributed by atoms with Gasteiger partial charge in [0.05, 0.1) is 4.90 Å². The molecule has 2 aromatic carbocycles. The third kappa shape index (κ3) is 3.99. The Kier molecular flexibility index (Phi) is 4.63. The summed E-state index contributed by atoms with van der Waals surface area (Å²) in [7, 11) is -3.52. The van der Waals surface area contributed by atoms with Crippen LogP contribution in [0.2, 0.25) is 0 Å². The number of fused-ring (bicyclic) bond motifs is 1. The average Bonchev–Trinajstić information content (AvgIpc) is 3.51. The van der Waals surface area contributed by atoms with Crippen LogP contribution in [-0.4, -0.2) is 25.9 Å². The number of benzene rings is 2. The van der Waals surface area contributed by atoms with E-state index in [1.807, 2.05) is 30.3 Å². The third-order valence-corrected chi connectivity index (χ3v) is 6.01. The Morgan fingerprint density at radius 1 is 1.04 bits per heavy atom. The van der Waals surface area contributed by atoms with Crippen LogP contribution in [0.5, 0.6) is 0 Å². The van der Waals surface area contributed by atoms with Crippen LogP contribution < -0.4 is 10.0 Å². The summed E-state index contributed by atoms with van der Waals surface area (Å²) in [6, 6.07) is 15.5. The van der Waals surface area contributed by atoms with Gasteiger partial charge in [0.15, 0.2) is 0 Å². The SMILES string of the molecule is O=C(Nc1ccc(S(=O)(=O)NCC2CC2)cc1)c1nccc2ccccc12. The summed E-state index contributed by atoms with van der Waals surface area (Å²) in [5, 5.41) is 4.47. The molecule has 0 atom stereocenters. The minimum absolute atomic E-state index is 0.185. The molecule has 27 heavy (non-hydrogen) atoms. The third-order valence-electron chi connectivity index (χ3n) is 4.57. The summed E-state index contributed by atoms with van der Waals surface area (Å²) in [5.41, 5.74) is 0.840. The largest absolute Gasteiger partial charge is 0.321 e. The minimum Gasteiger partial charge on any atom is -0.321 e. The van der Waals surface area contributed by atoms with Crippen molar-refractivity contribution in [2.75, 3.05) is 11.9 Å². The molecule has 0 radical (unpaired) electrons. The van der Waals surface area contributed by atoms with E-state index in [2.05, 4.69) is 15.0 Å². The number of aromatic nitrogens is 1. The summed E-state index contributed by atoms with van der Waals surface area (Å²) in [6.07, 6.45) is 3.75. The standard InChI is InChI=1S/C20H19N3O3S/c24-20(19-18-4-2-1-3-15(18)11-12-21-19)23-16-7-9-17(10-8-16)27(25,26)22-13-14-5-6-14/h1-4,7-12,14,22H,5-6,13H2,(H,23,24). The van der Waals surface area contributed by atoms with Crippen molar-refractivity contribution in [3.63, 3.8) is 0 Å². The molecule has 1 aliphatic rings. The summed E-state index contributed by atoms with van der Waals surface area (Å²) in [5.74, 6) is 0.126. The van der Waals surface area contributed by atoms with Gasteiger partial charge >= 0.3 is 0 Å². The molecule has 1 aromatic heterocycles. The number of carbonyl (C=O) groups excluding carboxylic acids is 1. The maximum Gasteiger partial charge on any atom is 0.274 e. The van der Waals surface area contributed by atoms with Crippen molar-refractivity contribution in [2.24, 2.45) is 5.92 Å². The first-order valence-corrected chi connectivity index (χ1v) is 10.3. The molecule has 0 saturated heterocycles. The Morgan fingerprint density at radius 3 is 2.52 bits per heavy atom. The molecule has 1 fully saturated rings. The molecule has 4 rings (SSSR count). The molecule has 0 unspecified atom stereocenters. The van der Waals surface area contributed by atoms with E-state index < -0.39 is 10.0 Å². The van der Waals surface area contributed by atoms with Crippen LogP contribution in [0.3, 0.4) is 0 Å². The van der Waals surface area contributed by atoms with Crippen LogP contribution >= 0.6 is 0 Å². The zero-order valence-electron chi connectivity index (χ0n) is 14.6. The van der Waals surface area contributed by atoms with Gasteiger partial charge in [0.25, 0.3) is 5.91 Å². The number of hydrogen-bond donors (Lipinski definition) is 2. The van der Waals surface area contributed by atoms with Gasteiger partial charge in [-0.25, -0.2) is 13.1 Å². The smallest absolute Gasteiger partial charge is 0.274 e. The van der Waals surface area contributed by atoms with E-state index in [0.29, 0.717) is 23.8 Å². The van der Waals surface area contributed by atoms with E-state index in [-0.39, 0.29) is 10.8 Å². The number of hydrogen-bond acceptors (Lipinski definition) is 4. The maximum absolute atomic E-state index is 12.6. The van der Waals surface area contributed by atoms with Crippen LogP contribution in [0.15, 0.2) is 65.7 Å². The van der Waals surface area contributed by atoms with Gasteiger partial charge in [-0.15, -0.1) is 0 Å². The number of rotatable bonds is 6. The Balaban J connectivity index is 1.50. The van der Waals surface area contributed by atoms with Crippen molar-refractivity contribution >= 4 is 32.4 Å². The lowest BCUT2D eigenvalue weighted by Crippen LogP contribution is -2.25. The number of nitrogens with zero attached hydrogens (tertiary/aromatic N) is 1. The van der Waals surface area contributed by atoms with Crippen LogP contribution in [0, 0.1) is 5.92 Å². The summed E-state index contributed by atoms with van der Waals surface area (Å²) >= 11 is 0. The predicted octanol–water partition coefficient (Wildman–Crippen LogP) is 3.18. The molecule has 138 valence electrons. The Morgan fingerprint density at radius 2 is 1.78 bits per heavy atom. The number of amides is 1. The lowest BCUT2D eigenvalue weighted by atomic mass is 10.1. The van der Waals surface area contributed by atoms with Crippen molar-refractivity contribution < 1.29 is 13.2 Å². The van der Waals surface area contributed by atoms with E-state index in [4.69, 9.17) is 0 Å². The fourth-order valence-electron chi connectivity index (χ4n) is 2.84. The fourth-order valence-corrected chi connectivity index (χ4v) is 3.96. The maximum atomic E-state index is 12.6. The van der Waals surface area contributed by atoms with Gasteiger partial charge in [-0.3, -0.25) is 9.78 Å². The molecular formula is C20H19N3O3S. The molecule has 1 saturated carbocycles. The quantitative estimate of drug-likeness (QED) is 0.686. The van der Waals surface area contributed by atoms with Gasteiger partial charge in [-0.05, 0) is 54.5 Å². The second-order valence-electron chi connectivity index (χ2n) is 6.65. The zero-order valence-corrected chi connectivity index (χ0v) is 15.4. The monoisotopic (exact) mass is 381 g/mol. The van der Waals surface area contributed by atoms with Crippen molar-refractivity contribution in [1.29, 1.82) is 0 Å². The highest BCUT2D eigenvalue weighted by Gasteiger charge is 2.24. The molecule has 2 N–H and O–H groups in total. The number of sulfonamides is 1. The van der Waals surface area contributed by atoms with E-state index in [1.165, 1.54) is 12.1 Å². The number of pyridine rings is 1. The summed E-state index contributed by atoms with van der Waals surface area (Å²) < 4.78 is 27.1. The molecule has 3 aromatic rings. The van der Waals surface area contributed by atoms with E-state index in [9.17, 15) is 13.2 Å². The van der Waals surface area contributed by atoms with Crippen LogP contribution in [0.1, 0.15) is 23.3 Å². The molecule has 1 aliphatic carbocycles. The van der Waals surface area contributed by atoms with Crippen molar-refractivity contribution in [3.05, 3.63) is 66.5 Å². The molecule has 7 heteroatoms. The normalized spacial score (nSPS) is 14.2. The fraction of sp³-hybridized carbons (Fsp3) is 0.200. The first-order chi connectivity index (χ1) is 13.0. The van der Waals surface area contributed by atoms with Crippen molar-refractivity contribution in [2.45, 2.75) is 17.7 Å². The highest BCUT2D eigenvalue weighted by Crippen LogP contribution is 2.28. The Bertz CT molecular complexity index is 1090. The molecule has 6 nitrogen and oxygen atoms in total. The molecular weight excluding hydrogens is 362 g/mol. The highest BCUT2D eigenvalue weighted by atomic mass is 32.2. The molecule has 0 aliphatic heterocycles. The van der Waals surface area contributed by atoms with Gasteiger partial charge in [0.2, 0.25) is 10.0 Å². The molecule has 0 spiro atoms. The first kappa shape index (κ1) is 17.6. The second-order valence-corrected chi connectivity index (χ2v) is 8.42. The molecule has 1 amide bonds. The summed E-state index contributed by atoms with van der Waals surface area (Å²) in [6.45, 7) is 0.480. The topological polar surface area (TPSA) is 88.2 Å². The van der Waals surface area contributed by atoms with Crippen LogP contribution in [0.25, 0.3) is 10.8 Å². The number of anilines is 1. The van der Waals surface area contributed by atoms with Crippen LogP contribution in [-0.2, 0) is 10.0 Å². The lowest BCUT2D eigenvalue weighted by molar-refractivity contribution is 0.102. The van der Waals surface area contributed by atoms with Crippen LogP contribution in [0.4, 0.5) is 5.69 Å². The molecule has 1 heterocycles. The first-order valence-electron chi connectivity index (χ1n) is 8.78. The zero-order chi connectivity index (χ0) is 18.9. The average molecular weight is 381 g/mol.